The molecule has 0 saturated heterocycles. The number of fused-ring (bicyclic) bond motifs is 1. The summed E-state index contributed by atoms with van der Waals surface area (Å²) in [7, 11) is 0. The van der Waals surface area contributed by atoms with Crippen molar-refractivity contribution in [2.45, 2.75) is 50.6 Å². The third-order valence-corrected chi connectivity index (χ3v) is 9.07. The number of carbonyl (C=O) groups is 2. The van der Waals surface area contributed by atoms with Crippen molar-refractivity contribution in [1.82, 2.24) is 14.9 Å². The molecule has 0 bridgehead atoms. The van der Waals surface area contributed by atoms with Crippen LogP contribution in [0.5, 0.6) is 0 Å². The molecule has 0 saturated carbocycles. The van der Waals surface area contributed by atoms with Crippen LogP contribution in [0, 0.1) is 10.5 Å². The van der Waals surface area contributed by atoms with Crippen LogP contribution in [-0.4, -0.2) is 51.8 Å². The van der Waals surface area contributed by atoms with Crippen LogP contribution in [-0.2, 0) is 18.4 Å². The number of benzene rings is 3. The van der Waals surface area contributed by atoms with Gasteiger partial charge in [0.05, 0.1) is 22.2 Å². The molecule has 0 radical (unpaired) electrons. The molecular weight excluding hydrogens is 809 g/mol. The molecule has 0 spiro atoms. The van der Waals surface area contributed by atoms with Crippen molar-refractivity contribution in [3.8, 4) is 0 Å². The standard InChI is InChI=1S/C31H25F10IN4O2S/c1-15-11-17(7-9-21(15)44-25(47)19-5-4-6-20(42)24(19)26(48)43-16(2)14-49-3)13-46-23-10-8-18(12-22(23)45-27(46)29(33,34)35)28(32,30(36,37)38)31(39,40)41/h4-12,16H,13-14H2,1-3H3,(H,43,48)(H,44,47)/t16-/m0/s1. The monoisotopic (exact) mass is 834 g/mol. The Hall–Kier alpha value is -3.55. The van der Waals surface area contributed by atoms with Gasteiger partial charge in [0, 0.05) is 33.2 Å². The molecule has 0 fully saturated rings. The molecule has 1 aromatic heterocycles. The third kappa shape index (κ3) is 7.78. The maximum atomic E-state index is 14.6. The highest BCUT2D eigenvalue weighted by Gasteiger charge is 2.73. The van der Waals surface area contributed by atoms with Crippen LogP contribution in [0.1, 0.15) is 50.2 Å². The smallest absolute Gasteiger partial charge is 0.349 e. The number of nitrogens with zero attached hydrogens (tertiary/aromatic N) is 2. The summed E-state index contributed by atoms with van der Waals surface area (Å²) >= 11 is 3.46. The highest BCUT2D eigenvalue weighted by molar-refractivity contribution is 14.1. The minimum Gasteiger partial charge on any atom is -0.349 e. The van der Waals surface area contributed by atoms with E-state index in [4.69, 9.17) is 0 Å². The second-order valence-corrected chi connectivity index (χ2v) is 13.0. The van der Waals surface area contributed by atoms with Gasteiger partial charge in [-0.3, -0.25) is 9.59 Å². The number of imidazole rings is 1. The predicted octanol–water partition coefficient (Wildman–Crippen LogP) is 9.04. The first-order chi connectivity index (χ1) is 22.6. The number of alkyl halides is 10. The molecular formula is C31H25F10IN4O2S. The lowest BCUT2D eigenvalue weighted by Crippen LogP contribution is -2.50. The van der Waals surface area contributed by atoms with Crippen molar-refractivity contribution in [1.29, 1.82) is 0 Å². The lowest BCUT2D eigenvalue weighted by molar-refractivity contribution is -0.348. The summed E-state index contributed by atoms with van der Waals surface area (Å²) in [6, 6.07) is 9.27. The van der Waals surface area contributed by atoms with Gasteiger partial charge in [-0.25, -0.2) is 9.37 Å². The Bertz CT molecular complexity index is 1880. The molecule has 1 heterocycles. The van der Waals surface area contributed by atoms with E-state index in [-0.39, 0.29) is 40.6 Å². The second kappa shape index (κ2) is 14.0. The predicted molar refractivity (Wildman–Crippen MR) is 172 cm³/mol. The van der Waals surface area contributed by atoms with E-state index in [2.05, 4.69) is 15.6 Å². The number of nitrogens with one attached hydrogen (secondary N) is 2. The average Bonchev–Trinajstić information content (AvgIpc) is 3.34. The Morgan fingerprint density at radius 3 is 2.14 bits per heavy atom. The number of rotatable bonds is 9. The molecule has 6 nitrogen and oxygen atoms in total. The maximum absolute atomic E-state index is 14.6. The number of amides is 2. The lowest BCUT2D eigenvalue weighted by atomic mass is 9.94. The van der Waals surface area contributed by atoms with E-state index in [1.165, 1.54) is 43.0 Å². The van der Waals surface area contributed by atoms with Gasteiger partial charge in [0.1, 0.15) is 0 Å². The zero-order valence-electron chi connectivity index (χ0n) is 25.5. The zero-order chi connectivity index (χ0) is 36.7. The number of aryl methyl sites for hydroxylation is 1. The number of anilines is 1. The fraction of sp³-hybridized carbons (Fsp3) is 0.323. The molecule has 264 valence electrons. The van der Waals surface area contributed by atoms with Crippen LogP contribution in [0.15, 0.2) is 54.6 Å². The number of hydrogen-bond acceptors (Lipinski definition) is 4. The van der Waals surface area contributed by atoms with Crippen LogP contribution in [0.4, 0.5) is 49.6 Å². The Balaban J connectivity index is 1.67. The van der Waals surface area contributed by atoms with E-state index in [1.54, 1.807) is 12.1 Å². The van der Waals surface area contributed by atoms with Gasteiger partial charge in [0.25, 0.3) is 11.8 Å². The summed E-state index contributed by atoms with van der Waals surface area (Å²) in [5, 5.41) is 5.52. The highest BCUT2D eigenvalue weighted by atomic mass is 127. The Labute approximate surface area is 290 Å². The molecule has 2 N–H and O–H groups in total. The number of aromatic nitrogens is 2. The van der Waals surface area contributed by atoms with Crippen molar-refractivity contribution < 1.29 is 53.5 Å². The van der Waals surface area contributed by atoms with E-state index in [0.29, 0.717) is 25.5 Å². The molecule has 2 amide bonds. The quantitative estimate of drug-likeness (QED) is 0.131. The Morgan fingerprint density at radius 1 is 0.918 bits per heavy atom. The Kier molecular flexibility index (Phi) is 10.9. The van der Waals surface area contributed by atoms with Gasteiger partial charge < -0.3 is 15.2 Å². The van der Waals surface area contributed by atoms with Gasteiger partial charge in [0.15, 0.2) is 0 Å². The summed E-state index contributed by atoms with van der Waals surface area (Å²) < 4.78 is 137. The maximum Gasteiger partial charge on any atom is 0.449 e. The third-order valence-electron chi connectivity index (χ3n) is 7.34. The van der Waals surface area contributed by atoms with E-state index < -0.39 is 65.0 Å². The van der Waals surface area contributed by atoms with Crippen molar-refractivity contribution in [3.05, 3.63) is 91.8 Å². The van der Waals surface area contributed by atoms with E-state index >= 15 is 0 Å². The number of hydrogen-bond donors (Lipinski definition) is 2. The molecule has 4 aromatic rings. The van der Waals surface area contributed by atoms with Crippen LogP contribution in [0.3, 0.4) is 0 Å². The molecule has 0 aliphatic carbocycles. The van der Waals surface area contributed by atoms with Crippen molar-refractivity contribution >= 4 is 62.9 Å². The minimum absolute atomic E-state index is 0.00532. The minimum atomic E-state index is -6.47. The van der Waals surface area contributed by atoms with Crippen molar-refractivity contribution in [2.75, 3.05) is 17.3 Å². The topological polar surface area (TPSA) is 76.0 Å². The molecule has 0 aliphatic rings. The summed E-state index contributed by atoms with van der Waals surface area (Å²) in [6.45, 7) is 2.74. The van der Waals surface area contributed by atoms with E-state index in [9.17, 15) is 53.5 Å². The first kappa shape index (κ1) is 38.3. The molecule has 4 rings (SSSR count). The first-order valence-corrected chi connectivity index (χ1v) is 16.5. The van der Waals surface area contributed by atoms with E-state index in [0.717, 1.165) is 0 Å². The van der Waals surface area contributed by atoms with Gasteiger partial charge in [-0.2, -0.15) is 51.3 Å². The van der Waals surface area contributed by atoms with Crippen molar-refractivity contribution in [3.63, 3.8) is 0 Å². The molecule has 49 heavy (non-hydrogen) atoms. The van der Waals surface area contributed by atoms with Crippen LogP contribution >= 0.6 is 34.4 Å². The SMILES string of the molecule is CSC[C@H](C)NC(=O)c1c(I)cccc1C(=O)Nc1ccc(Cn2c(C(F)(F)F)nc3cc(C(F)(C(F)(F)F)C(F)(F)F)ccc32)cc1C. The summed E-state index contributed by atoms with van der Waals surface area (Å²) in [5.74, 6) is -2.11. The number of thioether (sulfide) groups is 1. The lowest BCUT2D eigenvalue weighted by Gasteiger charge is -2.30. The molecule has 1 atom stereocenters. The largest absolute Gasteiger partial charge is 0.449 e. The summed E-state index contributed by atoms with van der Waals surface area (Å²) in [6.07, 6.45) is -16.3. The fourth-order valence-electron chi connectivity index (χ4n) is 5.08. The second-order valence-electron chi connectivity index (χ2n) is 11.0. The molecule has 0 unspecified atom stereocenters. The van der Waals surface area contributed by atoms with Gasteiger partial charge in [-0.1, -0.05) is 24.3 Å². The molecule has 0 aliphatic heterocycles. The fourth-order valence-corrected chi connectivity index (χ4v) is 6.40. The normalized spacial score (nSPS) is 13.4. The van der Waals surface area contributed by atoms with Gasteiger partial charge >= 0.3 is 24.2 Å². The molecule has 3 aromatic carbocycles. The number of carbonyl (C=O) groups excluding carboxylic acids is 2. The van der Waals surface area contributed by atoms with Crippen molar-refractivity contribution in [2.24, 2.45) is 0 Å². The average molecular weight is 835 g/mol. The Morgan fingerprint density at radius 2 is 1.57 bits per heavy atom. The number of halogens is 11. The van der Waals surface area contributed by atoms with Gasteiger partial charge in [0.2, 0.25) is 5.82 Å². The summed E-state index contributed by atoms with van der Waals surface area (Å²) in [5.41, 5.74) is -8.27. The van der Waals surface area contributed by atoms with Gasteiger partial charge in [-0.15, -0.1) is 0 Å². The highest BCUT2D eigenvalue weighted by Crippen LogP contribution is 2.53. The van der Waals surface area contributed by atoms with Gasteiger partial charge in [-0.05, 0) is 84.2 Å². The van der Waals surface area contributed by atoms with E-state index in [1.807, 2.05) is 35.8 Å². The van der Waals surface area contributed by atoms with Crippen LogP contribution < -0.4 is 10.6 Å². The summed E-state index contributed by atoms with van der Waals surface area (Å²) in [4.78, 5) is 29.6. The van der Waals surface area contributed by atoms with Crippen LogP contribution in [0.25, 0.3) is 11.0 Å². The van der Waals surface area contributed by atoms with Crippen LogP contribution in [0.2, 0.25) is 0 Å². The molecule has 18 heteroatoms. The zero-order valence-corrected chi connectivity index (χ0v) is 28.4. The first-order valence-electron chi connectivity index (χ1n) is 14.0.